The second-order valence-corrected chi connectivity index (χ2v) is 4.52. The first kappa shape index (κ1) is 15.0. The molecule has 1 aromatic carbocycles. The predicted molar refractivity (Wildman–Crippen MR) is 74.9 cm³/mol. The predicted octanol–water partition coefficient (Wildman–Crippen LogP) is 2.90. The number of hydrogen-bond donors (Lipinski definition) is 2. The lowest BCUT2D eigenvalue weighted by atomic mass is 10.0. The Morgan fingerprint density at radius 3 is 2.28 bits per heavy atom. The van der Waals surface area contributed by atoms with E-state index in [0.717, 1.165) is 25.0 Å². The maximum atomic E-state index is 9.04. The highest BCUT2D eigenvalue weighted by Crippen LogP contribution is 2.21. The van der Waals surface area contributed by atoms with Crippen molar-refractivity contribution in [2.24, 2.45) is 0 Å². The Labute approximate surface area is 110 Å². The summed E-state index contributed by atoms with van der Waals surface area (Å²) in [5, 5.41) is 12.6. The van der Waals surface area contributed by atoms with E-state index in [1.165, 1.54) is 5.56 Å². The average molecular weight is 251 g/mol. The van der Waals surface area contributed by atoms with E-state index in [0.29, 0.717) is 12.1 Å². The molecule has 3 nitrogen and oxygen atoms in total. The van der Waals surface area contributed by atoms with E-state index in [1.807, 2.05) is 12.1 Å². The van der Waals surface area contributed by atoms with Gasteiger partial charge in [0.15, 0.2) is 0 Å². The van der Waals surface area contributed by atoms with E-state index in [1.54, 1.807) is 7.11 Å². The van der Waals surface area contributed by atoms with E-state index in [2.05, 4.69) is 31.3 Å². The van der Waals surface area contributed by atoms with Crippen LogP contribution in [0.4, 0.5) is 0 Å². The molecule has 3 heteroatoms. The Morgan fingerprint density at radius 2 is 1.83 bits per heavy atom. The van der Waals surface area contributed by atoms with Crippen LogP contribution in [0.1, 0.15) is 44.7 Å². The maximum Gasteiger partial charge on any atom is 0.118 e. The number of ether oxygens (including phenoxy) is 1. The lowest BCUT2D eigenvalue weighted by Gasteiger charge is -2.24. The molecule has 0 aromatic heterocycles. The van der Waals surface area contributed by atoms with Crippen molar-refractivity contribution in [3.05, 3.63) is 29.8 Å². The fourth-order valence-corrected chi connectivity index (χ4v) is 2.13. The number of aliphatic hydroxyl groups is 1. The Bertz CT molecular complexity index is 324. The fraction of sp³-hybridized carbons (Fsp3) is 0.600. The lowest BCUT2D eigenvalue weighted by Crippen LogP contribution is -2.32. The molecular weight excluding hydrogens is 226 g/mol. The minimum Gasteiger partial charge on any atom is -0.497 e. The minimum atomic E-state index is 0.241. The number of aliphatic hydroxyl groups excluding tert-OH is 1. The number of hydrogen-bond acceptors (Lipinski definition) is 3. The van der Waals surface area contributed by atoms with Crippen molar-refractivity contribution in [1.82, 2.24) is 5.32 Å². The van der Waals surface area contributed by atoms with Crippen LogP contribution < -0.4 is 10.1 Å². The Kier molecular flexibility index (Phi) is 6.76. The van der Waals surface area contributed by atoms with Crippen molar-refractivity contribution >= 4 is 0 Å². The van der Waals surface area contributed by atoms with Crippen LogP contribution in [0.5, 0.6) is 5.75 Å². The summed E-state index contributed by atoms with van der Waals surface area (Å²) in [4.78, 5) is 0. The lowest BCUT2D eigenvalue weighted by molar-refractivity contribution is 0.254. The molecule has 0 bridgehead atoms. The molecule has 2 N–H and O–H groups in total. The van der Waals surface area contributed by atoms with Crippen LogP contribution in [0.2, 0.25) is 0 Å². The van der Waals surface area contributed by atoms with Gasteiger partial charge in [-0.3, -0.25) is 0 Å². The van der Waals surface area contributed by atoms with Crippen LogP contribution >= 0.6 is 0 Å². The smallest absolute Gasteiger partial charge is 0.118 e. The van der Waals surface area contributed by atoms with Crippen molar-refractivity contribution in [2.75, 3.05) is 13.7 Å². The maximum absolute atomic E-state index is 9.04. The first-order valence-electron chi connectivity index (χ1n) is 6.75. The van der Waals surface area contributed by atoms with Gasteiger partial charge in [-0.05, 0) is 37.0 Å². The second kappa shape index (κ2) is 8.11. The number of rotatable bonds is 8. The second-order valence-electron chi connectivity index (χ2n) is 4.52. The number of benzene rings is 1. The van der Waals surface area contributed by atoms with E-state index in [-0.39, 0.29) is 6.61 Å². The van der Waals surface area contributed by atoms with Gasteiger partial charge >= 0.3 is 0 Å². The molecular formula is C15H25NO2. The highest BCUT2D eigenvalue weighted by Gasteiger charge is 2.14. The molecule has 0 radical (unpaired) electrons. The molecule has 0 spiro atoms. The summed E-state index contributed by atoms with van der Waals surface area (Å²) in [7, 11) is 1.68. The van der Waals surface area contributed by atoms with Crippen molar-refractivity contribution in [2.45, 2.75) is 45.2 Å². The summed E-state index contributed by atoms with van der Waals surface area (Å²) in [6.45, 7) is 4.56. The van der Waals surface area contributed by atoms with Crippen LogP contribution in [0.25, 0.3) is 0 Å². The third kappa shape index (κ3) is 4.31. The number of nitrogens with one attached hydrogen (secondary N) is 1. The van der Waals surface area contributed by atoms with E-state index in [9.17, 15) is 0 Å². The van der Waals surface area contributed by atoms with Gasteiger partial charge in [-0.25, -0.2) is 0 Å². The zero-order valence-corrected chi connectivity index (χ0v) is 11.6. The zero-order valence-electron chi connectivity index (χ0n) is 11.6. The highest BCUT2D eigenvalue weighted by atomic mass is 16.5. The molecule has 0 saturated carbocycles. The molecule has 0 saturated heterocycles. The third-order valence-electron chi connectivity index (χ3n) is 3.33. The summed E-state index contributed by atoms with van der Waals surface area (Å²) in [6, 6.07) is 8.91. The van der Waals surface area contributed by atoms with Crippen LogP contribution in [-0.4, -0.2) is 24.9 Å². The van der Waals surface area contributed by atoms with Crippen molar-refractivity contribution in [3.63, 3.8) is 0 Å². The van der Waals surface area contributed by atoms with Gasteiger partial charge < -0.3 is 15.2 Å². The highest BCUT2D eigenvalue weighted by molar-refractivity contribution is 5.29. The molecule has 1 aromatic rings. The Hall–Kier alpha value is -1.06. The quantitative estimate of drug-likeness (QED) is 0.746. The molecule has 0 aliphatic heterocycles. The monoisotopic (exact) mass is 251 g/mol. The summed E-state index contributed by atoms with van der Waals surface area (Å²) >= 11 is 0. The van der Waals surface area contributed by atoms with Gasteiger partial charge in [0.2, 0.25) is 0 Å². The zero-order chi connectivity index (χ0) is 13.4. The molecule has 2 unspecified atom stereocenters. The Morgan fingerprint density at radius 1 is 1.17 bits per heavy atom. The van der Waals surface area contributed by atoms with Gasteiger partial charge in [-0.15, -0.1) is 0 Å². The average Bonchev–Trinajstić information content (AvgIpc) is 2.43. The molecule has 0 fully saturated rings. The van der Waals surface area contributed by atoms with Crippen molar-refractivity contribution < 1.29 is 9.84 Å². The molecule has 1 rings (SSSR count). The van der Waals surface area contributed by atoms with E-state index >= 15 is 0 Å². The van der Waals surface area contributed by atoms with Gasteiger partial charge in [-0.2, -0.15) is 0 Å². The summed E-state index contributed by atoms with van der Waals surface area (Å²) < 4.78 is 5.17. The SMILES string of the molecule is CCC(CCO)NC(CC)c1ccc(OC)cc1. The van der Waals surface area contributed by atoms with Crippen molar-refractivity contribution in [3.8, 4) is 5.75 Å². The molecule has 0 aliphatic rings. The minimum absolute atomic E-state index is 0.241. The standard InChI is InChI=1S/C15H25NO2/c1-4-13(10-11-17)16-15(5-2)12-6-8-14(18-3)9-7-12/h6-9,13,15-17H,4-5,10-11H2,1-3H3. The first-order chi connectivity index (χ1) is 8.74. The third-order valence-corrected chi connectivity index (χ3v) is 3.33. The van der Waals surface area contributed by atoms with Gasteiger partial charge in [0.25, 0.3) is 0 Å². The normalized spacial score (nSPS) is 14.2. The van der Waals surface area contributed by atoms with E-state index < -0.39 is 0 Å². The van der Waals surface area contributed by atoms with Gasteiger partial charge in [0.05, 0.1) is 7.11 Å². The van der Waals surface area contributed by atoms with Gasteiger partial charge in [0.1, 0.15) is 5.75 Å². The molecule has 0 amide bonds. The Balaban J connectivity index is 2.68. The summed E-state index contributed by atoms with van der Waals surface area (Å²) in [6.07, 6.45) is 2.88. The number of methoxy groups -OCH3 is 1. The molecule has 0 aliphatic carbocycles. The van der Waals surface area contributed by atoms with Crippen LogP contribution in [-0.2, 0) is 0 Å². The van der Waals surface area contributed by atoms with Crippen molar-refractivity contribution in [1.29, 1.82) is 0 Å². The summed E-state index contributed by atoms with van der Waals surface area (Å²) in [5.74, 6) is 0.885. The topological polar surface area (TPSA) is 41.5 Å². The largest absolute Gasteiger partial charge is 0.497 e. The molecule has 0 heterocycles. The molecule has 102 valence electrons. The van der Waals surface area contributed by atoms with Crippen LogP contribution in [0.3, 0.4) is 0 Å². The summed E-state index contributed by atoms with van der Waals surface area (Å²) in [5.41, 5.74) is 1.27. The first-order valence-corrected chi connectivity index (χ1v) is 6.75. The van der Waals surface area contributed by atoms with Gasteiger partial charge in [-0.1, -0.05) is 26.0 Å². The van der Waals surface area contributed by atoms with Crippen LogP contribution in [0.15, 0.2) is 24.3 Å². The molecule has 2 atom stereocenters. The fourth-order valence-electron chi connectivity index (χ4n) is 2.13. The van der Waals surface area contributed by atoms with Crippen LogP contribution in [0, 0.1) is 0 Å². The molecule has 18 heavy (non-hydrogen) atoms. The van der Waals surface area contributed by atoms with E-state index in [4.69, 9.17) is 9.84 Å². The van der Waals surface area contributed by atoms with Gasteiger partial charge in [0, 0.05) is 18.7 Å².